The quantitative estimate of drug-likeness (QED) is 0.579. The van der Waals surface area contributed by atoms with Crippen molar-refractivity contribution >= 4 is 21.7 Å². The number of piperidine rings is 1. The van der Waals surface area contributed by atoms with Gasteiger partial charge in [-0.1, -0.05) is 12.1 Å². The number of ether oxygens (including phenoxy) is 1. The number of nitrogens with zero attached hydrogens (tertiary/aromatic N) is 4. The molecule has 0 bridgehead atoms. The van der Waals surface area contributed by atoms with Crippen LogP contribution >= 0.6 is 0 Å². The van der Waals surface area contributed by atoms with E-state index in [1.165, 1.54) is 10.4 Å². The minimum atomic E-state index is -3.59. The number of rotatable bonds is 5. The van der Waals surface area contributed by atoms with Crippen molar-refractivity contribution in [3.8, 4) is 5.75 Å². The van der Waals surface area contributed by atoms with Gasteiger partial charge < -0.3 is 4.74 Å². The number of alkyl halides is 2. The summed E-state index contributed by atoms with van der Waals surface area (Å²) in [6, 6.07) is 10.3. The minimum absolute atomic E-state index is 0.0848. The van der Waals surface area contributed by atoms with Crippen molar-refractivity contribution in [3.05, 3.63) is 64.5 Å². The molecule has 2 aromatic heterocycles. The summed E-state index contributed by atoms with van der Waals surface area (Å²) >= 11 is 0. The fourth-order valence-electron chi connectivity index (χ4n) is 4.48. The van der Waals surface area contributed by atoms with Gasteiger partial charge in [0.15, 0.2) is 5.65 Å². The molecule has 7 nitrogen and oxygen atoms in total. The van der Waals surface area contributed by atoms with Gasteiger partial charge in [0.25, 0.3) is 0 Å². The number of aryl methyl sites for hydroxylation is 1. The van der Waals surface area contributed by atoms with E-state index in [0.29, 0.717) is 43.7 Å². The molecule has 2 aliphatic rings. The lowest BCUT2D eigenvalue weighted by Gasteiger charge is -2.32. The average molecular weight is 461 g/mol. The standard InChI is InChI=1S/C22H22F2N4O3S/c23-22(24)31-18-6-4-17-14-19(7-5-16(17)13-18)32(29,30)27-11-8-15(9-12-27)21-26-25-20-3-1-2-10-28(20)21/h1-4,6,10,13-15,22H,5,7-9,11-12H2. The molecule has 3 aromatic rings. The SMILES string of the molecule is O=S(=O)(C1=Cc2ccc(OC(F)F)cc2CC1)N1CCC(c2nnc3ccccn23)CC1. The first-order valence-corrected chi connectivity index (χ1v) is 11.9. The molecule has 0 amide bonds. The number of fused-ring (bicyclic) bond motifs is 2. The van der Waals surface area contributed by atoms with Crippen molar-refractivity contribution in [1.82, 2.24) is 18.9 Å². The summed E-state index contributed by atoms with van der Waals surface area (Å²) in [7, 11) is -3.59. The van der Waals surface area contributed by atoms with Gasteiger partial charge in [-0.05, 0) is 67.2 Å². The summed E-state index contributed by atoms with van der Waals surface area (Å²) in [4.78, 5) is 0.360. The highest BCUT2D eigenvalue weighted by atomic mass is 32.2. The lowest BCUT2D eigenvalue weighted by atomic mass is 9.97. The molecular formula is C22H22F2N4O3S. The van der Waals surface area contributed by atoms with E-state index in [4.69, 9.17) is 0 Å². The Labute approximate surface area is 184 Å². The van der Waals surface area contributed by atoms with Crippen LogP contribution in [0, 0.1) is 0 Å². The first kappa shape index (κ1) is 21.0. The van der Waals surface area contributed by atoms with E-state index < -0.39 is 16.6 Å². The van der Waals surface area contributed by atoms with Crippen LogP contribution in [-0.2, 0) is 16.4 Å². The zero-order valence-corrected chi connectivity index (χ0v) is 18.0. The number of sulfonamides is 1. The molecule has 5 rings (SSSR count). The van der Waals surface area contributed by atoms with Crippen LogP contribution in [0.1, 0.15) is 42.1 Å². The van der Waals surface area contributed by atoms with Crippen LogP contribution in [0.3, 0.4) is 0 Å². The Hall–Kier alpha value is -2.85. The molecule has 0 unspecified atom stereocenters. The third-order valence-electron chi connectivity index (χ3n) is 6.13. The van der Waals surface area contributed by atoms with Crippen LogP contribution in [0.25, 0.3) is 11.7 Å². The summed E-state index contributed by atoms with van der Waals surface area (Å²) < 4.78 is 59.4. The second kappa shape index (κ2) is 8.25. The summed E-state index contributed by atoms with van der Waals surface area (Å²) in [5.74, 6) is 1.10. The molecule has 0 radical (unpaired) electrons. The van der Waals surface area contributed by atoms with Gasteiger partial charge in [0.2, 0.25) is 10.0 Å². The number of aromatic nitrogens is 3. The predicted octanol–water partition coefficient (Wildman–Crippen LogP) is 3.83. The molecule has 32 heavy (non-hydrogen) atoms. The molecule has 0 N–H and O–H groups in total. The van der Waals surface area contributed by atoms with Crippen molar-refractivity contribution in [3.63, 3.8) is 0 Å². The molecule has 0 atom stereocenters. The first-order valence-electron chi connectivity index (χ1n) is 10.5. The van der Waals surface area contributed by atoms with Gasteiger partial charge in [0, 0.05) is 25.2 Å². The summed E-state index contributed by atoms with van der Waals surface area (Å²) in [5, 5.41) is 8.52. The minimum Gasteiger partial charge on any atom is -0.435 e. The number of halogens is 2. The van der Waals surface area contributed by atoms with Crippen molar-refractivity contribution in [2.24, 2.45) is 0 Å². The van der Waals surface area contributed by atoms with Crippen molar-refractivity contribution in [1.29, 1.82) is 0 Å². The number of pyridine rings is 1. The Morgan fingerprint density at radius 2 is 1.88 bits per heavy atom. The third-order valence-corrected chi connectivity index (χ3v) is 8.16. The van der Waals surface area contributed by atoms with E-state index in [1.807, 2.05) is 28.8 Å². The van der Waals surface area contributed by atoms with Crippen molar-refractivity contribution in [2.75, 3.05) is 13.1 Å². The van der Waals surface area contributed by atoms with E-state index in [0.717, 1.165) is 22.6 Å². The summed E-state index contributed by atoms with van der Waals surface area (Å²) in [6.07, 6.45) is 5.72. The maximum Gasteiger partial charge on any atom is 0.387 e. The normalized spacial score (nSPS) is 18.0. The van der Waals surface area contributed by atoms with E-state index in [2.05, 4.69) is 14.9 Å². The van der Waals surface area contributed by atoms with Crippen LogP contribution in [0.15, 0.2) is 47.5 Å². The fourth-order valence-corrected chi connectivity index (χ4v) is 6.14. The number of benzene rings is 1. The molecule has 10 heteroatoms. The molecule has 3 heterocycles. The second-order valence-corrected chi connectivity index (χ2v) is 10.0. The largest absolute Gasteiger partial charge is 0.435 e. The molecular weight excluding hydrogens is 438 g/mol. The van der Waals surface area contributed by atoms with Crippen molar-refractivity contribution < 1.29 is 21.9 Å². The number of allylic oxidation sites excluding steroid dienone is 1. The molecule has 0 spiro atoms. The van der Waals surface area contributed by atoms with Gasteiger partial charge in [-0.15, -0.1) is 10.2 Å². The Kier molecular flexibility index (Phi) is 5.42. The van der Waals surface area contributed by atoms with Crippen LogP contribution in [-0.4, -0.2) is 47.0 Å². The highest BCUT2D eigenvalue weighted by Gasteiger charge is 2.33. The molecule has 0 saturated carbocycles. The highest BCUT2D eigenvalue weighted by Crippen LogP contribution is 2.34. The van der Waals surface area contributed by atoms with Crippen LogP contribution < -0.4 is 4.74 Å². The Balaban J connectivity index is 1.31. The predicted molar refractivity (Wildman–Crippen MR) is 115 cm³/mol. The smallest absolute Gasteiger partial charge is 0.387 e. The number of hydrogen-bond donors (Lipinski definition) is 0. The maximum absolute atomic E-state index is 13.3. The van der Waals surface area contributed by atoms with E-state index in [9.17, 15) is 17.2 Å². The van der Waals surface area contributed by atoms with Gasteiger partial charge in [-0.25, -0.2) is 8.42 Å². The summed E-state index contributed by atoms with van der Waals surface area (Å²) in [6.45, 7) is -2.05. The topological polar surface area (TPSA) is 76.8 Å². The monoisotopic (exact) mass is 460 g/mol. The van der Waals surface area contributed by atoms with E-state index in [-0.39, 0.29) is 11.7 Å². The molecule has 1 saturated heterocycles. The van der Waals surface area contributed by atoms with Crippen LogP contribution in [0.4, 0.5) is 8.78 Å². The highest BCUT2D eigenvalue weighted by molar-refractivity contribution is 7.93. The van der Waals surface area contributed by atoms with Gasteiger partial charge in [0.05, 0.1) is 4.91 Å². The zero-order valence-electron chi connectivity index (χ0n) is 17.2. The lowest BCUT2D eigenvalue weighted by Crippen LogP contribution is -2.39. The molecule has 168 valence electrons. The van der Waals surface area contributed by atoms with E-state index >= 15 is 0 Å². The molecule has 1 aliphatic heterocycles. The number of hydrogen-bond acceptors (Lipinski definition) is 5. The molecule has 1 aliphatic carbocycles. The molecule has 1 fully saturated rings. The average Bonchev–Trinajstić information content (AvgIpc) is 3.22. The molecule has 1 aromatic carbocycles. The van der Waals surface area contributed by atoms with Gasteiger partial charge in [-0.3, -0.25) is 4.40 Å². The Morgan fingerprint density at radius 1 is 1.06 bits per heavy atom. The van der Waals surface area contributed by atoms with Gasteiger partial charge in [0.1, 0.15) is 11.6 Å². The third kappa shape index (κ3) is 3.88. The first-order chi connectivity index (χ1) is 15.4. The van der Waals surface area contributed by atoms with Crippen LogP contribution in [0.5, 0.6) is 5.75 Å². The van der Waals surface area contributed by atoms with Gasteiger partial charge in [-0.2, -0.15) is 13.1 Å². The maximum atomic E-state index is 13.3. The fraction of sp³-hybridized carbons (Fsp3) is 0.364. The van der Waals surface area contributed by atoms with Crippen molar-refractivity contribution in [2.45, 2.75) is 38.2 Å². The lowest BCUT2D eigenvalue weighted by molar-refractivity contribution is -0.0498. The van der Waals surface area contributed by atoms with E-state index in [1.54, 1.807) is 18.2 Å². The summed E-state index contributed by atoms with van der Waals surface area (Å²) in [5.41, 5.74) is 2.31. The van der Waals surface area contributed by atoms with Crippen LogP contribution in [0.2, 0.25) is 0 Å². The Morgan fingerprint density at radius 3 is 2.66 bits per heavy atom. The second-order valence-electron chi connectivity index (χ2n) is 8.02. The zero-order chi connectivity index (χ0) is 22.3. The Bertz CT molecular complexity index is 1280. The van der Waals surface area contributed by atoms with Gasteiger partial charge >= 0.3 is 6.61 Å².